The number of nitrogens with zero attached hydrogens (tertiary/aromatic N) is 1. The number of aromatic hydroxyl groups is 1. The molecule has 1 heterocycles. The lowest BCUT2D eigenvalue weighted by Crippen LogP contribution is -2.37. The van der Waals surface area contributed by atoms with E-state index in [-0.39, 0.29) is 50.9 Å². The molecular formula is C15H13Br2NO3. The van der Waals surface area contributed by atoms with E-state index in [1.54, 1.807) is 12.1 Å². The van der Waals surface area contributed by atoms with Crippen LogP contribution in [0, 0.1) is 23.7 Å². The number of anilines is 1. The highest BCUT2D eigenvalue weighted by molar-refractivity contribution is 9.12. The summed E-state index contributed by atoms with van der Waals surface area (Å²) in [5.41, 5.74) is 0.469. The van der Waals surface area contributed by atoms with Gasteiger partial charge < -0.3 is 5.11 Å². The van der Waals surface area contributed by atoms with Crippen LogP contribution in [0.1, 0.15) is 6.42 Å². The molecule has 4 nitrogen and oxygen atoms in total. The number of carbonyl (C=O) groups is 2. The van der Waals surface area contributed by atoms with Crippen molar-refractivity contribution >= 4 is 49.4 Å². The molecule has 1 N–H and O–H groups in total. The molecule has 3 fully saturated rings. The van der Waals surface area contributed by atoms with Gasteiger partial charge in [-0.3, -0.25) is 9.59 Å². The summed E-state index contributed by atoms with van der Waals surface area (Å²) in [5, 5.41) is 9.59. The molecule has 3 aliphatic rings. The minimum Gasteiger partial charge on any atom is -0.508 e. The summed E-state index contributed by atoms with van der Waals surface area (Å²) in [4.78, 5) is 27.2. The number of amides is 2. The van der Waals surface area contributed by atoms with Gasteiger partial charge in [-0.15, -0.1) is 0 Å². The van der Waals surface area contributed by atoms with Gasteiger partial charge in [0.1, 0.15) is 5.75 Å². The molecule has 6 unspecified atom stereocenters. The van der Waals surface area contributed by atoms with Crippen LogP contribution in [0.3, 0.4) is 0 Å². The van der Waals surface area contributed by atoms with Crippen molar-refractivity contribution in [3.05, 3.63) is 24.3 Å². The highest BCUT2D eigenvalue weighted by Crippen LogP contribution is 2.60. The van der Waals surface area contributed by atoms with E-state index < -0.39 is 0 Å². The van der Waals surface area contributed by atoms with Crippen molar-refractivity contribution in [2.75, 3.05) is 4.90 Å². The van der Waals surface area contributed by atoms with Gasteiger partial charge in [0.25, 0.3) is 0 Å². The molecular weight excluding hydrogens is 402 g/mol. The largest absolute Gasteiger partial charge is 0.508 e. The van der Waals surface area contributed by atoms with Crippen LogP contribution >= 0.6 is 31.9 Å². The summed E-state index contributed by atoms with van der Waals surface area (Å²) in [7, 11) is 0. The highest BCUT2D eigenvalue weighted by Gasteiger charge is 2.66. The average Bonchev–Trinajstić information content (AvgIpc) is 3.04. The third kappa shape index (κ3) is 1.72. The van der Waals surface area contributed by atoms with Crippen molar-refractivity contribution in [3.8, 4) is 5.75 Å². The first-order valence-corrected chi connectivity index (χ1v) is 8.79. The Balaban J connectivity index is 1.75. The number of phenolic OH excluding ortho intramolecular Hbond substituents is 1. The number of halogens is 2. The Bertz CT molecular complexity index is 618. The normalized spacial score (nSPS) is 41.0. The minimum absolute atomic E-state index is 0.0601. The van der Waals surface area contributed by atoms with Gasteiger partial charge in [0, 0.05) is 15.7 Å². The standard InChI is InChI=1S/C15H13Br2NO3/c16-12-8-5-9(13(12)17)11-10(8)14(20)18(15(11)21)6-2-1-3-7(19)4-6/h1-4,8-13,19H,5H2. The first-order chi connectivity index (χ1) is 10.0. The molecule has 6 heteroatoms. The van der Waals surface area contributed by atoms with E-state index in [2.05, 4.69) is 31.9 Å². The molecule has 0 aromatic heterocycles. The Morgan fingerprint density at radius 3 is 2.14 bits per heavy atom. The smallest absolute Gasteiger partial charge is 0.238 e. The van der Waals surface area contributed by atoms with Crippen molar-refractivity contribution in [3.63, 3.8) is 0 Å². The summed E-state index contributed by atoms with van der Waals surface area (Å²) in [6.07, 6.45) is 0.923. The van der Waals surface area contributed by atoms with Gasteiger partial charge in [-0.2, -0.15) is 0 Å². The lowest BCUT2D eigenvalue weighted by Gasteiger charge is -2.28. The van der Waals surface area contributed by atoms with Gasteiger partial charge in [0.05, 0.1) is 17.5 Å². The zero-order valence-electron chi connectivity index (χ0n) is 10.9. The van der Waals surface area contributed by atoms with E-state index in [9.17, 15) is 14.7 Å². The van der Waals surface area contributed by atoms with E-state index >= 15 is 0 Å². The van der Waals surface area contributed by atoms with Gasteiger partial charge >= 0.3 is 0 Å². The minimum atomic E-state index is -0.219. The summed E-state index contributed by atoms with van der Waals surface area (Å²) in [5.74, 6) is -0.193. The van der Waals surface area contributed by atoms with Crippen molar-refractivity contribution < 1.29 is 14.7 Å². The van der Waals surface area contributed by atoms with Crippen molar-refractivity contribution in [2.24, 2.45) is 23.7 Å². The molecule has 1 aromatic rings. The number of rotatable bonds is 1. The highest BCUT2D eigenvalue weighted by atomic mass is 79.9. The maximum absolute atomic E-state index is 12.7. The van der Waals surface area contributed by atoms with Gasteiger partial charge in [0.15, 0.2) is 0 Å². The van der Waals surface area contributed by atoms with Crippen molar-refractivity contribution in [1.29, 1.82) is 0 Å². The predicted octanol–water partition coefficient (Wildman–Crippen LogP) is 2.67. The number of fused-ring (bicyclic) bond motifs is 5. The summed E-state index contributed by atoms with van der Waals surface area (Å²) in [6.45, 7) is 0. The van der Waals surface area contributed by atoms with Crippen LogP contribution in [0.2, 0.25) is 0 Å². The first kappa shape index (κ1) is 13.8. The number of imide groups is 1. The predicted molar refractivity (Wildman–Crippen MR) is 84.6 cm³/mol. The van der Waals surface area contributed by atoms with E-state index in [0.717, 1.165) is 6.42 Å². The van der Waals surface area contributed by atoms with Gasteiger partial charge in [-0.25, -0.2) is 4.90 Å². The molecule has 0 radical (unpaired) electrons. The fraction of sp³-hybridized carbons (Fsp3) is 0.467. The second-order valence-corrected chi connectivity index (χ2v) is 8.15. The third-order valence-electron chi connectivity index (χ3n) is 5.08. The van der Waals surface area contributed by atoms with Crippen LogP contribution < -0.4 is 4.90 Å². The molecule has 0 spiro atoms. The Labute approximate surface area is 138 Å². The third-order valence-corrected chi connectivity index (χ3v) is 8.28. The molecule has 21 heavy (non-hydrogen) atoms. The average molecular weight is 415 g/mol. The van der Waals surface area contributed by atoms with Crippen LogP contribution in [0.25, 0.3) is 0 Å². The molecule has 2 saturated carbocycles. The van der Waals surface area contributed by atoms with Crippen LogP contribution in [0.5, 0.6) is 5.75 Å². The molecule has 110 valence electrons. The zero-order valence-corrected chi connectivity index (χ0v) is 14.1. The maximum Gasteiger partial charge on any atom is 0.238 e. The molecule has 6 atom stereocenters. The number of carbonyl (C=O) groups excluding carboxylic acids is 2. The lowest BCUT2D eigenvalue weighted by molar-refractivity contribution is -0.123. The number of benzene rings is 1. The number of hydrogen-bond donors (Lipinski definition) is 1. The number of phenols is 1. The monoisotopic (exact) mass is 413 g/mol. The fourth-order valence-corrected chi connectivity index (χ4v) is 6.11. The Kier molecular flexibility index (Phi) is 2.99. The Morgan fingerprint density at radius 1 is 1.05 bits per heavy atom. The van der Waals surface area contributed by atoms with Crippen LogP contribution in [0.15, 0.2) is 24.3 Å². The number of alkyl halides is 2. The zero-order chi connectivity index (χ0) is 14.9. The Hall–Kier alpha value is -0.880. The van der Waals surface area contributed by atoms with E-state index in [4.69, 9.17) is 0 Å². The van der Waals surface area contributed by atoms with Gasteiger partial charge in [0.2, 0.25) is 11.8 Å². The van der Waals surface area contributed by atoms with E-state index in [0.29, 0.717) is 5.69 Å². The molecule has 2 amide bonds. The maximum atomic E-state index is 12.7. The quantitative estimate of drug-likeness (QED) is 0.567. The van der Waals surface area contributed by atoms with E-state index in [1.807, 2.05) is 0 Å². The van der Waals surface area contributed by atoms with Crippen molar-refractivity contribution in [2.45, 2.75) is 16.1 Å². The molecule has 1 aromatic carbocycles. The molecule has 2 aliphatic carbocycles. The van der Waals surface area contributed by atoms with Crippen LogP contribution in [-0.4, -0.2) is 26.6 Å². The van der Waals surface area contributed by atoms with Crippen LogP contribution in [-0.2, 0) is 9.59 Å². The lowest BCUT2D eigenvalue weighted by atomic mass is 9.81. The van der Waals surface area contributed by atoms with Gasteiger partial charge in [-0.1, -0.05) is 37.9 Å². The SMILES string of the molecule is O=C1C2C3CC(C(Br)C3Br)C2C(=O)N1c1cccc(O)c1. The molecule has 1 saturated heterocycles. The first-order valence-electron chi connectivity index (χ1n) is 6.95. The summed E-state index contributed by atoms with van der Waals surface area (Å²) in [6, 6.07) is 6.34. The molecule has 4 rings (SSSR count). The topological polar surface area (TPSA) is 57.6 Å². The fourth-order valence-electron chi connectivity index (χ4n) is 4.24. The van der Waals surface area contributed by atoms with E-state index in [1.165, 1.54) is 17.0 Å². The molecule has 2 bridgehead atoms. The van der Waals surface area contributed by atoms with Crippen LogP contribution in [0.4, 0.5) is 5.69 Å². The summed E-state index contributed by atoms with van der Waals surface area (Å²) >= 11 is 7.33. The summed E-state index contributed by atoms with van der Waals surface area (Å²) < 4.78 is 0. The Morgan fingerprint density at radius 2 is 1.62 bits per heavy atom. The second-order valence-electron chi connectivity index (χ2n) is 6.04. The molecule has 1 aliphatic heterocycles. The number of hydrogen-bond acceptors (Lipinski definition) is 3. The second kappa shape index (κ2) is 4.56. The van der Waals surface area contributed by atoms with Crippen molar-refractivity contribution in [1.82, 2.24) is 0 Å². The van der Waals surface area contributed by atoms with Gasteiger partial charge in [-0.05, 0) is 30.4 Å².